The van der Waals surface area contributed by atoms with E-state index in [0.29, 0.717) is 16.9 Å². The molecule has 2 aromatic rings. The average Bonchev–Trinajstić information content (AvgIpc) is 2.59. The van der Waals surface area contributed by atoms with E-state index in [9.17, 15) is 16.8 Å². The quantitative estimate of drug-likeness (QED) is 0.732. The maximum Gasteiger partial charge on any atom is 0.241 e. The van der Waals surface area contributed by atoms with Crippen LogP contribution in [-0.4, -0.2) is 30.2 Å². The summed E-state index contributed by atoms with van der Waals surface area (Å²) in [5.74, 6) is 0.765. The van der Waals surface area contributed by atoms with Gasteiger partial charge in [0.1, 0.15) is 5.75 Å². The summed E-state index contributed by atoms with van der Waals surface area (Å²) in [5.41, 5.74) is 2.08. The van der Waals surface area contributed by atoms with Crippen molar-refractivity contribution >= 4 is 19.9 Å². The Hall–Kier alpha value is -1.90. The summed E-state index contributed by atoms with van der Waals surface area (Å²) < 4.78 is 57.2. The van der Waals surface area contributed by atoms with Crippen LogP contribution >= 0.6 is 0 Å². The van der Waals surface area contributed by atoms with Crippen LogP contribution in [0.15, 0.2) is 46.2 Å². The van der Waals surface area contributed by atoms with E-state index in [4.69, 9.17) is 4.74 Å². The van der Waals surface area contributed by atoms with E-state index in [2.05, 4.69) is 4.72 Å². The highest BCUT2D eigenvalue weighted by atomic mass is 32.2. The van der Waals surface area contributed by atoms with Crippen molar-refractivity contribution < 1.29 is 21.6 Å². The molecule has 1 atom stereocenters. The van der Waals surface area contributed by atoms with Crippen LogP contribution in [0.4, 0.5) is 0 Å². The van der Waals surface area contributed by atoms with Crippen molar-refractivity contribution in [2.45, 2.75) is 49.4 Å². The molecule has 2 rings (SSSR count). The molecular weight excluding hydrogens is 398 g/mol. The molecule has 2 aromatic carbocycles. The van der Waals surface area contributed by atoms with Gasteiger partial charge in [-0.25, -0.2) is 21.6 Å². The van der Waals surface area contributed by atoms with Gasteiger partial charge in [0.2, 0.25) is 10.0 Å². The molecule has 0 heterocycles. The van der Waals surface area contributed by atoms with Gasteiger partial charge >= 0.3 is 0 Å². The standard InChI is InChI=1S/C20H27NO5S2/c1-13(2)18-12-20(14(3)11-19(18)26-5)28(24,25)21-15(4)16-7-9-17(10-8-16)27(6,22)23/h7-13,15,21H,1-6H3/t15-/m1/s1. The minimum atomic E-state index is -3.78. The molecule has 0 amide bonds. The number of nitrogens with one attached hydrogen (secondary N) is 1. The van der Waals surface area contributed by atoms with Crippen LogP contribution < -0.4 is 9.46 Å². The lowest BCUT2D eigenvalue weighted by atomic mass is 10.0. The molecule has 0 aliphatic heterocycles. The van der Waals surface area contributed by atoms with E-state index in [1.54, 1.807) is 45.2 Å². The van der Waals surface area contributed by atoms with E-state index in [-0.39, 0.29) is 15.7 Å². The van der Waals surface area contributed by atoms with Crippen LogP contribution in [0.3, 0.4) is 0 Å². The monoisotopic (exact) mass is 425 g/mol. The molecular formula is C20H27NO5S2. The third-order valence-electron chi connectivity index (χ3n) is 4.58. The Morgan fingerprint density at radius 2 is 1.54 bits per heavy atom. The maximum absolute atomic E-state index is 13.0. The van der Waals surface area contributed by atoms with E-state index >= 15 is 0 Å². The van der Waals surface area contributed by atoms with Gasteiger partial charge in [0, 0.05) is 12.3 Å². The Balaban J connectivity index is 2.36. The van der Waals surface area contributed by atoms with Crippen molar-refractivity contribution in [2.24, 2.45) is 0 Å². The Labute approximate surface area is 167 Å². The summed E-state index contributed by atoms with van der Waals surface area (Å²) in [5, 5.41) is 0. The van der Waals surface area contributed by atoms with Gasteiger partial charge in [-0.15, -0.1) is 0 Å². The van der Waals surface area contributed by atoms with E-state index in [1.807, 2.05) is 13.8 Å². The Kier molecular flexibility index (Phi) is 6.58. The van der Waals surface area contributed by atoms with Crippen LogP contribution in [-0.2, 0) is 19.9 Å². The highest BCUT2D eigenvalue weighted by Crippen LogP contribution is 2.32. The summed E-state index contributed by atoms with van der Waals surface area (Å²) in [7, 11) is -5.52. The molecule has 6 nitrogen and oxygen atoms in total. The number of sulfonamides is 1. The number of benzene rings is 2. The number of methoxy groups -OCH3 is 1. The number of hydrogen-bond acceptors (Lipinski definition) is 5. The Bertz CT molecular complexity index is 1060. The summed E-state index contributed by atoms with van der Waals surface area (Å²) >= 11 is 0. The Morgan fingerprint density at radius 3 is 2.00 bits per heavy atom. The van der Waals surface area contributed by atoms with Crippen molar-refractivity contribution in [2.75, 3.05) is 13.4 Å². The number of sulfone groups is 1. The van der Waals surface area contributed by atoms with Gasteiger partial charge in [0.05, 0.1) is 16.9 Å². The smallest absolute Gasteiger partial charge is 0.241 e. The average molecular weight is 426 g/mol. The van der Waals surface area contributed by atoms with Gasteiger partial charge in [-0.05, 0) is 60.7 Å². The molecule has 0 radical (unpaired) electrons. The number of hydrogen-bond donors (Lipinski definition) is 1. The summed E-state index contributed by atoms with van der Waals surface area (Å²) in [6, 6.07) is 9.04. The van der Waals surface area contributed by atoms with E-state index < -0.39 is 25.9 Å². The van der Waals surface area contributed by atoms with Crippen LogP contribution in [0.1, 0.15) is 49.4 Å². The first kappa shape index (κ1) is 22.4. The van der Waals surface area contributed by atoms with Crippen molar-refractivity contribution in [1.82, 2.24) is 4.72 Å². The SMILES string of the molecule is COc1cc(C)c(S(=O)(=O)N[C@H](C)c2ccc(S(C)(=O)=O)cc2)cc1C(C)C. The maximum atomic E-state index is 13.0. The van der Waals surface area contributed by atoms with Gasteiger partial charge < -0.3 is 4.74 Å². The fraction of sp³-hybridized carbons (Fsp3) is 0.400. The first-order valence-corrected chi connectivity index (χ1v) is 12.2. The molecule has 0 bridgehead atoms. The largest absolute Gasteiger partial charge is 0.496 e. The molecule has 0 aliphatic carbocycles. The first-order valence-electron chi connectivity index (χ1n) is 8.87. The van der Waals surface area contributed by atoms with Gasteiger partial charge in [0.15, 0.2) is 9.84 Å². The van der Waals surface area contributed by atoms with Crippen LogP contribution in [0.2, 0.25) is 0 Å². The molecule has 0 saturated heterocycles. The van der Waals surface area contributed by atoms with Gasteiger partial charge in [-0.3, -0.25) is 0 Å². The van der Waals surface area contributed by atoms with Crippen molar-refractivity contribution in [3.05, 3.63) is 53.1 Å². The second-order valence-electron chi connectivity index (χ2n) is 7.20. The third kappa shape index (κ3) is 4.92. The predicted molar refractivity (Wildman–Crippen MR) is 110 cm³/mol. The summed E-state index contributed by atoms with van der Waals surface area (Å²) in [4.78, 5) is 0.399. The minimum absolute atomic E-state index is 0.102. The molecule has 1 N–H and O–H groups in total. The van der Waals surface area contributed by atoms with Gasteiger partial charge in [-0.2, -0.15) is 0 Å². The highest BCUT2D eigenvalue weighted by molar-refractivity contribution is 7.90. The molecule has 28 heavy (non-hydrogen) atoms. The molecule has 0 saturated carbocycles. The van der Waals surface area contributed by atoms with Crippen LogP contribution in [0, 0.1) is 6.92 Å². The number of rotatable bonds is 7. The van der Waals surface area contributed by atoms with E-state index in [0.717, 1.165) is 11.8 Å². The van der Waals surface area contributed by atoms with Crippen LogP contribution in [0.5, 0.6) is 5.75 Å². The zero-order valence-electron chi connectivity index (χ0n) is 17.0. The fourth-order valence-corrected chi connectivity index (χ4v) is 5.09. The normalized spacial score (nSPS) is 13.5. The molecule has 0 aromatic heterocycles. The van der Waals surface area contributed by atoms with E-state index in [1.165, 1.54) is 12.1 Å². The number of ether oxygens (including phenoxy) is 1. The molecule has 0 spiro atoms. The zero-order valence-corrected chi connectivity index (χ0v) is 18.6. The van der Waals surface area contributed by atoms with Crippen molar-refractivity contribution in [3.63, 3.8) is 0 Å². The topological polar surface area (TPSA) is 89.5 Å². The highest BCUT2D eigenvalue weighted by Gasteiger charge is 2.23. The Morgan fingerprint density at radius 1 is 0.964 bits per heavy atom. The van der Waals surface area contributed by atoms with Crippen LogP contribution in [0.25, 0.3) is 0 Å². The minimum Gasteiger partial charge on any atom is -0.496 e. The fourth-order valence-electron chi connectivity index (χ4n) is 2.96. The lowest BCUT2D eigenvalue weighted by Crippen LogP contribution is -2.27. The summed E-state index contributed by atoms with van der Waals surface area (Å²) in [6.07, 6.45) is 1.13. The molecule has 8 heteroatoms. The second-order valence-corrected chi connectivity index (χ2v) is 10.9. The molecule has 0 fully saturated rings. The first-order chi connectivity index (χ1) is 12.9. The third-order valence-corrected chi connectivity index (χ3v) is 7.39. The summed E-state index contributed by atoms with van der Waals surface area (Å²) in [6.45, 7) is 7.40. The van der Waals surface area contributed by atoms with Crippen molar-refractivity contribution in [3.8, 4) is 5.75 Å². The zero-order chi connectivity index (χ0) is 21.3. The lowest BCUT2D eigenvalue weighted by Gasteiger charge is -2.19. The molecule has 154 valence electrons. The molecule has 0 unspecified atom stereocenters. The second kappa shape index (κ2) is 8.23. The van der Waals surface area contributed by atoms with Gasteiger partial charge in [0.25, 0.3) is 0 Å². The predicted octanol–water partition coefficient (Wildman–Crippen LogP) is 3.57. The number of aryl methyl sites for hydroxylation is 1. The van der Waals surface area contributed by atoms with Gasteiger partial charge in [-0.1, -0.05) is 26.0 Å². The molecule has 0 aliphatic rings. The lowest BCUT2D eigenvalue weighted by molar-refractivity contribution is 0.406. The van der Waals surface area contributed by atoms with Crippen molar-refractivity contribution in [1.29, 1.82) is 0 Å².